The summed E-state index contributed by atoms with van der Waals surface area (Å²) >= 11 is 0. The van der Waals surface area contributed by atoms with Gasteiger partial charge in [0.15, 0.2) is 6.10 Å². The van der Waals surface area contributed by atoms with Crippen molar-refractivity contribution in [3.8, 4) is 0 Å². The average Bonchev–Trinajstić information content (AvgIpc) is 3.32. The van der Waals surface area contributed by atoms with Gasteiger partial charge in [-0.25, -0.2) is 0 Å². The fourth-order valence-corrected chi connectivity index (χ4v) is 6.78. The lowest BCUT2D eigenvalue weighted by Gasteiger charge is -2.18. The van der Waals surface area contributed by atoms with Crippen LogP contribution in [0.4, 0.5) is 0 Å². The van der Waals surface area contributed by atoms with Gasteiger partial charge in [-0.2, -0.15) is 0 Å². The molecular formula is C61H98O5. The van der Waals surface area contributed by atoms with Crippen LogP contribution in [-0.2, 0) is 23.8 Å². The van der Waals surface area contributed by atoms with Crippen LogP contribution in [0.2, 0.25) is 0 Å². The van der Waals surface area contributed by atoms with Gasteiger partial charge in [-0.15, -0.1) is 0 Å². The van der Waals surface area contributed by atoms with Gasteiger partial charge in [0.25, 0.3) is 0 Å². The molecule has 372 valence electrons. The number of esters is 2. The van der Waals surface area contributed by atoms with Crippen LogP contribution in [0.1, 0.15) is 213 Å². The van der Waals surface area contributed by atoms with E-state index in [0.717, 1.165) is 96.3 Å². The molecule has 5 nitrogen and oxygen atoms in total. The van der Waals surface area contributed by atoms with Crippen molar-refractivity contribution in [2.75, 3.05) is 19.8 Å². The number of hydrogen-bond donors (Lipinski definition) is 0. The van der Waals surface area contributed by atoms with Crippen LogP contribution >= 0.6 is 0 Å². The minimum atomic E-state index is -0.609. The van der Waals surface area contributed by atoms with E-state index in [2.05, 4.69) is 142 Å². The average molecular weight is 911 g/mol. The van der Waals surface area contributed by atoms with Crippen LogP contribution in [-0.4, -0.2) is 37.9 Å². The molecule has 1 unspecified atom stereocenters. The van der Waals surface area contributed by atoms with E-state index in [1.165, 1.54) is 83.5 Å². The second kappa shape index (κ2) is 55.4. The predicted octanol–water partition coefficient (Wildman–Crippen LogP) is 18.3. The highest BCUT2D eigenvalue weighted by Gasteiger charge is 2.17. The fourth-order valence-electron chi connectivity index (χ4n) is 6.78. The van der Waals surface area contributed by atoms with Crippen molar-refractivity contribution in [1.29, 1.82) is 0 Å². The maximum absolute atomic E-state index is 12.8. The summed E-state index contributed by atoms with van der Waals surface area (Å²) in [5, 5.41) is 0. The maximum Gasteiger partial charge on any atom is 0.309 e. The number of carbonyl (C=O) groups is 2. The van der Waals surface area contributed by atoms with E-state index < -0.39 is 6.10 Å². The molecule has 0 saturated heterocycles. The second-order valence-electron chi connectivity index (χ2n) is 17.0. The Morgan fingerprint density at radius 1 is 0.364 bits per heavy atom. The Hall–Kier alpha value is -3.96. The van der Waals surface area contributed by atoms with Crippen molar-refractivity contribution in [2.24, 2.45) is 0 Å². The highest BCUT2D eigenvalue weighted by atomic mass is 16.6. The molecule has 0 bridgehead atoms. The third-order valence-corrected chi connectivity index (χ3v) is 10.7. The first-order valence-corrected chi connectivity index (χ1v) is 26.7. The lowest BCUT2D eigenvalue weighted by Crippen LogP contribution is -2.30. The van der Waals surface area contributed by atoms with Crippen LogP contribution in [0.5, 0.6) is 0 Å². The standard InChI is InChI=1S/C61H98O5/c1-4-7-10-13-16-19-22-25-28-29-30-31-32-35-38-41-44-47-50-53-56-64-57-59(66-61(63)55-52-49-46-43-40-37-34-27-24-21-18-15-12-9-6-3)58-65-60(62)54-51-48-45-42-39-36-33-26-23-20-17-14-11-8-5-2/h8-9,11-12,16-21,25-28,33-34,39-40,42-43,48,51,59H,4-7,10,13-15,22-24,29-32,35-38,41,44-47,49-50,52-58H2,1-3H3/b11-8-,12-9-,19-16-,20-17-,21-18-,28-25-,33-26-,34-27-,42-39-,43-40-,51-48-. The first kappa shape index (κ1) is 62.0. The first-order chi connectivity index (χ1) is 32.6. The zero-order valence-corrected chi connectivity index (χ0v) is 42.7. The molecular weight excluding hydrogens is 813 g/mol. The summed E-state index contributed by atoms with van der Waals surface area (Å²) in [5.41, 5.74) is 0. The van der Waals surface area contributed by atoms with Gasteiger partial charge < -0.3 is 14.2 Å². The summed E-state index contributed by atoms with van der Waals surface area (Å²) < 4.78 is 17.3. The Balaban J connectivity index is 4.45. The van der Waals surface area contributed by atoms with E-state index in [1.807, 2.05) is 12.2 Å². The van der Waals surface area contributed by atoms with E-state index in [4.69, 9.17) is 14.2 Å². The fraction of sp³-hybridized carbons (Fsp3) is 0.607. The molecule has 0 aromatic heterocycles. The SMILES string of the molecule is CC/C=C\C/C=C\C/C=C\C/C=C\C/C=C\CC(=O)OCC(COCCCCCCCCCCCC/C=C\C/C=C\CCCCC)OC(=O)CCCC/C=C\C/C=C\C/C=C\C/C=C\CC. The van der Waals surface area contributed by atoms with Crippen LogP contribution in [0, 0.1) is 0 Å². The third kappa shape index (κ3) is 52.7. The summed E-state index contributed by atoms with van der Waals surface area (Å²) in [6.45, 7) is 7.40. The quantitative estimate of drug-likeness (QED) is 0.0346. The highest BCUT2D eigenvalue weighted by Crippen LogP contribution is 2.13. The van der Waals surface area contributed by atoms with Gasteiger partial charge in [0.05, 0.1) is 13.0 Å². The first-order valence-electron chi connectivity index (χ1n) is 26.7. The summed E-state index contributed by atoms with van der Waals surface area (Å²) in [5.74, 6) is -0.601. The number of allylic oxidation sites excluding steroid dienone is 21. The summed E-state index contributed by atoms with van der Waals surface area (Å²) in [6, 6.07) is 0. The van der Waals surface area contributed by atoms with E-state index in [1.54, 1.807) is 0 Å². The number of ether oxygens (including phenoxy) is 3. The molecule has 5 heteroatoms. The van der Waals surface area contributed by atoms with Gasteiger partial charge >= 0.3 is 11.9 Å². The molecule has 0 aliphatic rings. The topological polar surface area (TPSA) is 61.8 Å². The molecule has 1 atom stereocenters. The zero-order chi connectivity index (χ0) is 47.7. The van der Waals surface area contributed by atoms with Crippen molar-refractivity contribution >= 4 is 11.9 Å². The van der Waals surface area contributed by atoms with Crippen LogP contribution in [0.15, 0.2) is 134 Å². The second-order valence-corrected chi connectivity index (χ2v) is 17.0. The molecule has 0 radical (unpaired) electrons. The molecule has 66 heavy (non-hydrogen) atoms. The molecule has 0 rings (SSSR count). The van der Waals surface area contributed by atoms with Gasteiger partial charge in [0, 0.05) is 13.0 Å². The summed E-state index contributed by atoms with van der Waals surface area (Å²) in [4.78, 5) is 25.4. The normalized spacial score (nSPS) is 13.3. The van der Waals surface area contributed by atoms with Gasteiger partial charge in [0.1, 0.15) is 6.61 Å². The highest BCUT2D eigenvalue weighted by molar-refractivity contribution is 5.71. The van der Waals surface area contributed by atoms with Gasteiger partial charge in [-0.3, -0.25) is 9.59 Å². The Morgan fingerprint density at radius 3 is 1.17 bits per heavy atom. The molecule has 0 aliphatic heterocycles. The molecule has 0 N–H and O–H groups in total. The van der Waals surface area contributed by atoms with Crippen LogP contribution in [0.3, 0.4) is 0 Å². The predicted molar refractivity (Wildman–Crippen MR) is 288 cm³/mol. The van der Waals surface area contributed by atoms with Gasteiger partial charge in [-0.05, 0) is 116 Å². The Morgan fingerprint density at radius 2 is 0.727 bits per heavy atom. The molecule has 0 amide bonds. The van der Waals surface area contributed by atoms with E-state index in [0.29, 0.717) is 13.0 Å². The maximum atomic E-state index is 12.8. The molecule has 0 aromatic carbocycles. The van der Waals surface area contributed by atoms with Crippen LogP contribution in [0.25, 0.3) is 0 Å². The van der Waals surface area contributed by atoms with E-state index in [-0.39, 0.29) is 31.6 Å². The van der Waals surface area contributed by atoms with Crippen molar-refractivity contribution < 1.29 is 23.8 Å². The minimum absolute atomic E-state index is 0.00475. The van der Waals surface area contributed by atoms with E-state index in [9.17, 15) is 9.59 Å². The van der Waals surface area contributed by atoms with Crippen molar-refractivity contribution in [3.05, 3.63) is 134 Å². The molecule has 0 aliphatic carbocycles. The Labute approximate surface area is 407 Å². The number of rotatable bonds is 47. The van der Waals surface area contributed by atoms with Crippen molar-refractivity contribution in [3.63, 3.8) is 0 Å². The monoisotopic (exact) mass is 911 g/mol. The number of unbranched alkanes of at least 4 members (excludes halogenated alkanes) is 15. The number of hydrogen-bond acceptors (Lipinski definition) is 5. The van der Waals surface area contributed by atoms with Gasteiger partial charge in [0.2, 0.25) is 0 Å². The lowest BCUT2D eigenvalue weighted by molar-refractivity contribution is -0.162. The van der Waals surface area contributed by atoms with E-state index >= 15 is 0 Å². The minimum Gasteiger partial charge on any atom is -0.461 e. The third-order valence-electron chi connectivity index (χ3n) is 10.7. The van der Waals surface area contributed by atoms with Gasteiger partial charge in [-0.1, -0.05) is 219 Å². The molecule has 0 heterocycles. The summed E-state index contributed by atoms with van der Waals surface area (Å²) in [7, 11) is 0. The van der Waals surface area contributed by atoms with Crippen molar-refractivity contribution in [2.45, 2.75) is 219 Å². The molecule has 0 fully saturated rings. The molecule has 0 aromatic rings. The molecule has 0 spiro atoms. The largest absolute Gasteiger partial charge is 0.461 e. The van der Waals surface area contributed by atoms with Crippen LogP contribution < -0.4 is 0 Å². The zero-order valence-electron chi connectivity index (χ0n) is 42.7. The smallest absolute Gasteiger partial charge is 0.309 e. The molecule has 0 saturated carbocycles. The van der Waals surface area contributed by atoms with Crippen molar-refractivity contribution in [1.82, 2.24) is 0 Å². The summed E-state index contributed by atoms with van der Waals surface area (Å²) in [6.07, 6.45) is 79.2. The Kier molecular flexibility index (Phi) is 52.0. The number of carbonyl (C=O) groups excluding carboxylic acids is 2. The lowest BCUT2D eigenvalue weighted by atomic mass is 10.1. The Bertz CT molecular complexity index is 1400.